The predicted octanol–water partition coefficient (Wildman–Crippen LogP) is 0.862. The van der Waals surface area contributed by atoms with Crippen molar-refractivity contribution in [2.45, 2.75) is 32.2 Å². The molecule has 0 radical (unpaired) electrons. The van der Waals surface area contributed by atoms with E-state index in [0.29, 0.717) is 5.96 Å². The molecular weight excluding hydrogens is 328 g/mol. The van der Waals surface area contributed by atoms with Crippen molar-refractivity contribution in [2.24, 2.45) is 10.7 Å². The quantitative estimate of drug-likeness (QED) is 0.733. The van der Waals surface area contributed by atoms with Crippen molar-refractivity contribution in [1.29, 1.82) is 0 Å². The van der Waals surface area contributed by atoms with Crippen LogP contribution in [0.25, 0.3) is 0 Å². The van der Waals surface area contributed by atoms with Crippen molar-refractivity contribution in [1.82, 2.24) is 20.7 Å². The van der Waals surface area contributed by atoms with Crippen molar-refractivity contribution < 1.29 is 4.79 Å². The number of piperazine rings is 1. The van der Waals surface area contributed by atoms with Gasteiger partial charge in [0.15, 0.2) is 0 Å². The lowest BCUT2D eigenvalue weighted by molar-refractivity contribution is -0.122. The molecular formula is C19H26N6O. The third-order valence-electron chi connectivity index (χ3n) is 5.28. The van der Waals surface area contributed by atoms with E-state index in [4.69, 9.17) is 10.7 Å². The maximum Gasteiger partial charge on any atom is 0.235 e. The lowest BCUT2D eigenvalue weighted by Gasteiger charge is -2.41. The van der Waals surface area contributed by atoms with Crippen LogP contribution in [0, 0.1) is 0 Å². The number of hydrogen-bond donors (Lipinski definition) is 3. The maximum atomic E-state index is 11.8. The molecule has 26 heavy (non-hydrogen) atoms. The molecule has 1 unspecified atom stereocenters. The Kier molecular flexibility index (Phi) is 4.55. The minimum atomic E-state index is -0.144. The highest BCUT2D eigenvalue weighted by Crippen LogP contribution is 2.41. The van der Waals surface area contributed by atoms with Crippen LogP contribution in [-0.2, 0) is 11.2 Å². The Morgan fingerprint density at radius 2 is 2.04 bits per heavy atom. The Bertz CT molecular complexity index is 765. The summed E-state index contributed by atoms with van der Waals surface area (Å²) in [6, 6.07) is 8.36. The summed E-state index contributed by atoms with van der Waals surface area (Å²) in [5.74, 6) is 1.20. The van der Waals surface area contributed by atoms with Crippen LogP contribution < -0.4 is 16.5 Å². The van der Waals surface area contributed by atoms with E-state index in [2.05, 4.69) is 39.9 Å². The minimum absolute atomic E-state index is 0.0972. The number of aryl methyl sites for hydroxylation is 1. The normalized spacial score (nSPS) is 23.0. The molecule has 4 rings (SSSR count). The second-order valence-electron chi connectivity index (χ2n) is 7.05. The summed E-state index contributed by atoms with van der Waals surface area (Å²) in [5, 5.41) is 5.13. The molecule has 0 aromatic heterocycles. The molecule has 1 amide bonds. The van der Waals surface area contributed by atoms with Crippen molar-refractivity contribution in [2.75, 3.05) is 26.2 Å². The van der Waals surface area contributed by atoms with Gasteiger partial charge in [0.05, 0.1) is 0 Å². The molecule has 0 saturated carbocycles. The van der Waals surface area contributed by atoms with E-state index in [-0.39, 0.29) is 11.9 Å². The number of fused-ring (bicyclic) bond motifs is 3. The molecule has 1 atom stereocenters. The van der Waals surface area contributed by atoms with Crippen molar-refractivity contribution in [3.05, 3.63) is 46.8 Å². The molecule has 1 aromatic rings. The minimum Gasteiger partial charge on any atom is -0.368 e. The SMILES string of the molecule is CC(=O)NN1C(N)=NC(N2CCNCC2)=C2CCCc3ccccc3C21. The van der Waals surface area contributed by atoms with Gasteiger partial charge in [0.25, 0.3) is 0 Å². The number of rotatable bonds is 2. The smallest absolute Gasteiger partial charge is 0.235 e. The molecule has 3 aliphatic rings. The number of nitrogens with one attached hydrogen (secondary N) is 2. The Hall–Kier alpha value is -2.54. The van der Waals surface area contributed by atoms with Gasteiger partial charge in [-0.2, -0.15) is 4.99 Å². The van der Waals surface area contributed by atoms with E-state index >= 15 is 0 Å². The molecule has 1 aromatic carbocycles. The molecule has 0 bridgehead atoms. The molecule has 7 heteroatoms. The third-order valence-corrected chi connectivity index (χ3v) is 5.28. The summed E-state index contributed by atoms with van der Waals surface area (Å²) in [6.07, 6.45) is 3.05. The van der Waals surface area contributed by atoms with E-state index in [1.807, 2.05) is 0 Å². The summed E-state index contributed by atoms with van der Waals surface area (Å²) in [4.78, 5) is 18.9. The van der Waals surface area contributed by atoms with Gasteiger partial charge in [0.2, 0.25) is 11.9 Å². The monoisotopic (exact) mass is 354 g/mol. The van der Waals surface area contributed by atoms with Gasteiger partial charge in [-0.3, -0.25) is 10.2 Å². The number of carbonyl (C=O) groups is 1. The zero-order valence-corrected chi connectivity index (χ0v) is 15.2. The fourth-order valence-corrected chi connectivity index (χ4v) is 4.16. The largest absolute Gasteiger partial charge is 0.368 e. The standard InChI is InChI=1S/C19H26N6O/c1-13(26)23-25-17-15-7-3-2-5-14(15)6-4-8-16(17)18(22-19(25)20)24-11-9-21-10-12-24/h2-3,5,7,17,21H,4,6,8-12H2,1H3,(H2,20,22)(H,23,26). The van der Waals surface area contributed by atoms with Gasteiger partial charge in [0, 0.05) is 38.7 Å². The lowest BCUT2D eigenvalue weighted by atomic mass is 9.94. The first kappa shape index (κ1) is 16.9. The number of aliphatic imine (C=N–C) groups is 1. The van der Waals surface area contributed by atoms with Crippen LogP contribution in [0.15, 0.2) is 40.7 Å². The third kappa shape index (κ3) is 3.03. The van der Waals surface area contributed by atoms with E-state index in [1.165, 1.54) is 23.6 Å². The highest BCUT2D eigenvalue weighted by atomic mass is 16.2. The highest BCUT2D eigenvalue weighted by Gasteiger charge is 2.37. The van der Waals surface area contributed by atoms with Gasteiger partial charge in [-0.15, -0.1) is 0 Å². The second kappa shape index (κ2) is 6.99. The lowest BCUT2D eigenvalue weighted by Crippen LogP contribution is -2.54. The van der Waals surface area contributed by atoms with Crippen LogP contribution in [0.1, 0.15) is 36.9 Å². The molecule has 1 aliphatic carbocycles. The zero-order valence-electron chi connectivity index (χ0n) is 15.2. The first-order valence-electron chi connectivity index (χ1n) is 9.32. The predicted molar refractivity (Wildman–Crippen MR) is 101 cm³/mol. The highest BCUT2D eigenvalue weighted by molar-refractivity contribution is 5.84. The Morgan fingerprint density at radius 1 is 1.27 bits per heavy atom. The van der Waals surface area contributed by atoms with Crippen LogP contribution in [0.3, 0.4) is 0 Å². The topological polar surface area (TPSA) is 86.0 Å². The van der Waals surface area contributed by atoms with E-state index in [0.717, 1.165) is 51.3 Å². The van der Waals surface area contributed by atoms with Crippen LogP contribution in [0.4, 0.5) is 0 Å². The molecule has 1 fully saturated rings. The summed E-state index contributed by atoms with van der Waals surface area (Å²) in [6.45, 7) is 5.24. The van der Waals surface area contributed by atoms with Crippen molar-refractivity contribution in [3.8, 4) is 0 Å². The van der Waals surface area contributed by atoms with Gasteiger partial charge >= 0.3 is 0 Å². The van der Waals surface area contributed by atoms with Crippen LogP contribution in [0.2, 0.25) is 0 Å². The number of nitrogens with zero attached hydrogens (tertiary/aromatic N) is 3. The van der Waals surface area contributed by atoms with Gasteiger partial charge in [-0.25, -0.2) is 5.01 Å². The fraction of sp³-hybridized carbons (Fsp3) is 0.474. The molecule has 7 nitrogen and oxygen atoms in total. The van der Waals surface area contributed by atoms with Crippen LogP contribution in [-0.4, -0.2) is 48.0 Å². The van der Waals surface area contributed by atoms with E-state index in [9.17, 15) is 4.79 Å². The average Bonchev–Trinajstić information content (AvgIpc) is 2.84. The Morgan fingerprint density at radius 3 is 2.81 bits per heavy atom. The first-order chi connectivity index (χ1) is 12.6. The summed E-state index contributed by atoms with van der Waals surface area (Å²) >= 11 is 0. The molecule has 0 spiro atoms. The summed E-state index contributed by atoms with van der Waals surface area (Å²) in [7, 11) is 0. The summed E-state index contributed by atoms with van der Waals surface area (Å²) in [5.41, 5.74) is 13.0. The second-order valence-corrected chi connectivity index (χ2v) is 7.05. The number of carbonyl (C=O) groups excluding carboxylic acids is 1. The van der Waals surface area contributed by atoms with Crippen LogP contribution >= 0.6 is 0 Å². The van der Waals surface area contributed by atoms with Crippen molar-refractivity contribution in [3.63, 3.8) is 0 Å². The Balaban J connectivity index is 1.84. The molecule has 1 saturated heterocycles. The number of benzene rings is 1. The Labute approximate surface area is 153 Å². The number of hydrogen-bond acceptors (Lipinski definition) is 6. The maximum absolute atomic E-state index is 11.8. The molecule has 2 heterocycles. The molecule has 2 aliphatic heterocycles. The fourth-order valence-electron chi connectivity index (χ4n) is 4.16. The number of hydrazine groups is 1. The number of guanidine groups is 1. The number of amides is 1. The molecule has 138 valence electrons. The van der Waals surface area contributed by atoms with E-state index < -0.39 is 0 Å². The van der Waals surface area contributed by atoms with Crippen molar-refractivity contribution >= 4 is 11.9 Å². The van der Waals surface area contributed by atoms with Gasteiger partial charge in [-0.1, -0.05) is 24.3 Å². The van der Waals surface area contributed by atoms with E-state index in [1.54, 1.807) is 5.01 Å². The van der Waals surface area contributed by atoms with Gasteiger partial charge in [0.1, 0.15) is 11.9 Å². The zero-order chi connectivity index (χ0) is 18.1. The first-order valence-corrected chi connectivity index (χ1v) is 9.32. The number of nitrogens with two attached hydrogens (primary N) is 1. The van der Waals surface area contributed by atoms with Gasteiger partial charge in [-0.05, 0) is 30.4 Å². The molecule has 4 N–H and O–H groups in total. The van der Waals surface area contributed by atoms with Gasteiger partial charge < -0.3 is 16.0 Å². The average molecular weight is 354 g/mol. The van der Waals surface area contributed by atoms with Crippen LogP contribution in [0.5, 0.6) is 0 Å². The summed E-state index contributed by atoms with van der Waals surface area (Å²) < 4.78 is 0.